The van der Waals surface area contributed by atoms with E-state index in [1.807, 2.05) is 0 Å². The molecule has 0 saturated carbocycles. The number of nitrogens with one attached hydrogen (secondary N) is 1. The summed E-state index contributed by atoms with van der Waals surface area (Å²) in [6.45, 7) is 0.0762. The lowest BCUT2D eigenvalue weighted by molar-refractivity contribution is -0.135. The lowest BCUT2D eigenvalue weighted by atomic mass is 10.2. The molecule has 0 bridgehead atoms. The van der Waals surface area contributed by atoms with Gasteiger partial charge in [0.15, 0.2) is 16.7 Å². The van der Waals surface area contributed by atoms with Gasteiger partial charge in [-0.25, -0.2) is 9.59 Å². The van der Waals surface area contributed by atoms with E-state index >= 15 is 0 Å². The van der Waals surface area contributed by atoms with E-state index < -0.39 is 17.8 Å². The molecule has 0 radical (unpaired) electrons. The molecule has 1 aliphatic rings. The Labute approximate surface area is 192 Å². The molecule has 1 aliphatic heterocycles. The van der Waals surface area contributed by atoms with Gasteiger partial charge in [-0.15, -0.1) is 5.10 Å². The summed E-state index contributed by atoms with van der Waals surface area (Å²) in [6.07, 6.45) is 2.54. The smallest absolute Gasteiger partial charge is 0.373 e. The minimum absolute atomic E-state index is 0.0762. The quantitative estimate of drug-likeness (QED) is 0.265. The third kappa shape index (κ3) is 6.23. The fraction of sp³-hybridized carbons (Fsp3) is 0.190. The summed E-state index contributed by atoms with van der Waals surface area (Å²) in [5.74, 6) is -0.249. The average Bonchev–Trinajstić information content (AvgIpc) is 3.44. The molecular formula is C21H19N3O8S. The number of carbonyl (C=O) groups excluding carboxylic acids is 3. The van der Waals surface area contributed by atoms with Crippen molar-refractivity contribution in [3.63, 3.8) is 0 Å². The maximum atomic E-state index is 11.8. The van der Waals surface area contributed by atoms with Crippen molar-refractivity contribution in [2.24, 2.45) is 10.2 Å². The molecule has 3 rings (SSSR count). The van der Waals surface area contributed by atoms with Crippen molar-refractivity contribution in [1.29, 1.82) is 0 Å². The van der Waals surface area contributed by atoms with Crippen molar-refractivity contribution < 1.29 is 37.7 Å². The standard InChI is InChI=1S/C21H19N3O8S/c1-28-16-8-12(10-22-24-21-23-19(26)17(33-21)9-18(25)29-2)4-6-14(16)31-11-13-5-7-15(32-13)20(27)30-3/h4-10H,11H2,1-3H3,(H,23,24,26)/b17-9+,22-10?. The number of rotatable bonds is 8. The fourth-order valence-electron chi connectivity index (χ4n) is 2.49. The van der Waals surface area contributed by atoms with E-state index in [1.54, 1.807) is 24.3 Å². The van der Waals surface area contributed by atoms with Crippen LogP contribution in [0.2, 0.25) is 0 Å². The van der Waals surface area contributed by atoms with Gasteiger partial charge in [0, 0.05) is 6.08 Å². The Bertz CT molecular complexity index is 1150. The molecule has 1 saturated heterocycles. The van der Waals surface area contributed by atoms with Gasteiger partial charge in [-0.05, 0) is 47.7 Å². The first-order chi connectivity index (χ1) is 15.9. The molecular weight excluding hydrogens is 454 g/mol. The number of hydrogen-bond acceptors (Lipinski definition) is 11. The van der Waals surface area contributed by atoms with Crippen LogP contribution in [0.25, 0.3) is 0 Å². The number of thioether (sulfide) groups is 1. The van der Waals surface area contributed by atoms with Gasteiger partial charge < -0.3 is 23.4 Å². The second kappa shape index (κ2) is 11.0. The molecule has 33 heavy (non-hydrogen) atoms. The topological polar surface area (TPSA) is 138 Å². The molecule has 11 nitrogen and oxygen atoms in total. The summed E-state index contributed by atoms with van der Waals surface area (Å²) in [4.78, 5) is 34.7. The van der Waals surface area contributed by atoms with E-state index in [2.05, 4.69) is 25.0 Å². The van der Waals surface area contributed by atoms with Crippen LogP contribution in [0.1, 0.15) is 21.9 Å². The summed E-state index contributed by atoms with van der Waals surface area (Å²) < 4.78 is 25.5. The number of amides is 1. The third-order valence-electron chi connectivity index (χ3n) is 4.06. The molecule has 1 aromatic carbocycles. The van der Waals surface area contributed by atoms with Crippen LogP contribution < -0.4 is 14.8 Å². The summed E-state index contributed by atoms with van der Waals surface area (Å²) in [6, 6.07) is 8.21. The van der Waals surface area contributed by atoms with E-state index in [0.717, 1.165) is 17.8 Å². The van der Waals surface area contributed by atoms with Gasteiger partial charge in [0.05, 0.1) is 32.4 Å². The average molecular weight is 473 g/mol. The molecule has 172 valence electrons. The number of hydrogen-bond donors (Lipinski definition) is 1. The molecule has 0 aliphatic carbocycles. The summed E-state index contributed by atoms with van der Waals surface area (Å²) in [5, 5.41) is 10.6. The first kappa shape index (κ1) is 23.6. The Morgan fingerprint density at radius 1 is 1.12 bits per heavy atom. The zero-order chi connectivity index (χ0) is 23.8. The summed E-state index contributed by atoms with van der Waals surface area (Å²) in [5.41, 5.74) is 0.661. The Morgan fingerprint density at radius 3 is 2.67 bits per heavy atom. The van der Waals surface area contributed by atoms with Crippen molar-refractivity contribution in [2.75, 3.05) is 21.3 Å². The highest BCUT2D eigenvalue weighted by Crippen LogP contribution is 2.29. The van der Waals surface area contributed by atoms with Crippen LogP contribution in [0, 0.1) is 0 Å². The van der Waals surface area contributed by atoms with Gasteiger partial charge in [-0.2, -0.15) is 5.10 Å². The van der Waals surface area contributed by atoms with Crippen LogP contribution >= 0.6 is 11.8 Å². The van der Waals surface area contributed by atoms with E-state index in [9.17, 15) is 14.4 Å². The Balaban J connectivity index is 1.63. The highest BCUT2D eigenvalue weighted by Gasteiger charge is 2.25. The zero-order valence-corrected chi connectivity index (χ0v) is 18.6. The maximum absolute atomic E-state index is 11.8. The van der Waals surface area contributed by atoms with Gasteiger partial charge in [0.25, 0.3) is 5.91 Å². The predicted octanol–water partition coefficient (Wildman–Crippen LogP) is 2.26. The third-order valence-corrected chi connectivity index (χ3v) is 4.96. The van der Waals surface area contributed by atoms with E-state index in [0.29, 0.717) is 22.8 Å². The van der Waals surface area contributed by atoms with Crippen molar-refractivity contribution in [2.45, 2.75) is 6.61 Å². The number of carbonyl (C=O) groups is 3. The van der Waals surface area contributed by atoms with Crippen LogP contribution in [0.3, 0.4) is 0 Å². The molecule has 1 aromatic heterocycles. The lowest BCUT2D eigenvalue weighted by Gasteiger charge is -2.10. The molecule has 1 fully saturated rings. The van der Waals surface area contributed by atoms with Crippen LogP contribution in [0.5, 0.6) is 11.5 Å². The van der Waals surface area contributed by atoms with Crippen LogP contribution in [-0.4, -0.2) is 50.6 Å². The fourth-order valence-corrected chi connectivity index (χ4v) is 3.23. The second-order valence-corrected chi connectivity index (χ2v) is 7.22. The van der Waals surface area contributed by atoms with E-state index in [-0.39, 0.29) is 22.4 Å². The molecule has 0 unspecified atom stereocenters. The van der Waals surface area contributed by atoms with Crippen molar-refractivity contribution in [3.05, 3.63) is 58.4 Å². The number of methoxy groups -OCH3 is 3. The number of ether oxygens (including phenoxy) is 4. The maximum Gasteiger partial charge on any atom is 0.373 e. The summed E-state index contributed by atoms with van der Waals surface area (Å²) >= 11 is 0.970. The minimum atomic E-state index is -0.636. The predicted molar refractivity (Wildman–Crippen MR) is 118 cm³/mol. The normalized spacial score (nSPS) is 15.7. The van der Waals surface area contributed by atoms with Gasteiger partial charge in [0.1, 0.15) is 12.4 Å². The van der Waals surface area contributed by atoms with E-state index in [4.69, 9.17) is 13.9 Å². The van der Waals surface area contributed by atoms with Crippen molar-refractivity contribution in [1.82, 2.24) is 5.32 Å². The highest BCUT2D eigenvalue weighted by molar-refractivity contribution is 8.18. The monoisotopic (exact) mass is 473 g/mol. The molecule has 1 N–H and O–H groups in total. The molecule has 2 aromatic rings. The SMILES string of the molecule is COC(=O)/C=C1/S/C(=N\N=Cc2ccc(OCc3ccc(C(=O)OC)o3)c(OC)c2)NC1=O. The molecule has 12 heteroatoms. The number of nitrogens with zero attached hydrogens (tertiary/aromatic N) is 2. The van der Waals surface area contributed by atoms with Gasteiger partial charge in [0.2, 0.25) is 5.76 Å². The van der Waals surface area contributed by atoms with Gasteiger partial charge in [-0.3, -0.25) is 10.1 Å². The number of furan rings is 1. The summed E-state index contributed by atoms with van der Waals surface area (Å²) in [7, 11) is 3.98. The van der Waals surface area contributed by atoms with Crippen LogP contribution in [0.4, 0.5) is 0 Å². The minimum Gasteiger partial charge on any atom is -0.493 e. The molecule has 0 atom stereocenters. The second-order valence-electron chi connectivity index (χ2n) is 6.19. The lowest BCUT2D eigenvalue weighted by Crippen LogP contribution is -2.19. The van der Waals surface area contributed by atoms with Crippen molar-refractivity contribution >= 4 is 41.0 Å². The van der Waals surface area contributed by atoms with Crippen LogP contribution in [0.15, 0.2) is 55.9 Å². The van der Waals surface area contributed by atoms with Crippen molar-refractivity contribution in [3.8, 4) is 11.5 Å². The van der Waals surface area contributed by atoms with Gasteiger partial charge >= 0.3 is 11.9 Å². The molecule has 2 heterocycles. The van der Waals surface area contributed by atoms with E-state index in [1.165, 1.54) is 33.6 Å². The Kier molecular flexibility index (Phi) is 7.86. The largest absolute Gasteiger partial charge is 0.493 e. The molecule has 1 amide bonds. The highest BCUT2D eigenvalue weighted by atomic mass is 32.2. The van der Waals surface area contributed by atoms with Crippen LogP contribution in [-0.2, 0) is 25.7 Å². The van der Waals surface area contributed by atoms with Gasteiger partial charge in [-0.1, -0.05) is 0 Å². The molecule has 0 spiro atoms. The number of esters is 2. The Hall–Kier alpha value is -4.06. The number of amidine groups is 1. The first-order valence-corrected chi connectivity index (χ1v) is 10.1. The first-order valence-electron chi connectivity index (χ1n) is 9.31. The number of benzene rings is 1. The Morgan fingerprint density at radius 2 is 1.94 bits per heavy atom. The zero-order valence-electron chi connectivity index (χ0n) is 17.8.